The standard InChI is InChI=1S/C16H14N2O3/c1-3-20-16(19)13-4-6-14(7-5-13)21-15-9-12(10-17)8-11(2)18-15/h4-9H,3H2,1-2H3. The van der Waals surface area contributed by atoms with Crippen molar-refractivity contribution in [3.8, 4) is 17.7 Å². The second-order valence-electron chi connectivity index (χ2n) is 4.29. The third kappa shape index (κ3) is 3.80. The molecule has 1 heterocycles. The summed E-state index contributed by atoms with van der Waals surface area (Å²) < 4.78 is 10.5. The molecule has 0 aliphatic carbocycles. The number of nitriles is 1. The summed E-state index contributed by atoms with van der Waals surface area (Å²) in [6.45, 7) is 3.88. The normalized spacial score (nSPS) is 9.76. The lowest BCUT2D eigenvalue weighted by Gasteiger charge is -2.07. The first-order valence-corrected chi connectivity index (χ1v) is 6.46. The van der Waals surface area contributed by atoms with Crippen molar-refractivity contribution in [3.05, 3.63) is 53.2 Å². The Morgan fingerprint density at radius 1 is 1.29 bits per heavy atom. The van der Waals surface area contributed by atoms with Crippen LogP contribution in [0, 0.1) is 18.3 Å². The molecule has 1 aromatic carbocycles. The Labute approximate surface area is 122 Å². The van der Waals surface area contributed by atoms with Crippen molar-refractivity contribution in [3.63, 3.8) is 0 Å². The van der Waals surface area contributed by atoms with E-state index >= 15 is 0 Å². The lowest BCUT2D eigenvalue weighted by Crippen LogP contribution is -2.04. The Morgan fingerprint density at radius 3 is 2.62 bits per heavy atom. The van der Waals surface area contributed by atoms with Crippen molar-refractivity contribution in [2.24, 2.45) is 0 Å². The van der Waals surface area contributed by atoms with Crippen LogP contribution in [0.5, 0.6) is 11.6 Å². The third-order valence-electron chi connectivity index (χ3n) is 2.65. The summed E-state index contributed by atoms with van der Waals surface area (Å²) in [5, 5.41) is 8.92. The lowest BCUT2D eigenvalue weighted by atomic mass is 10.2. The molecule has 0 amide bonds. The van der Waals surface area contributed by atoms with E-state index in [-0.39, 0.29) is 5.97 Å². The van der Waals surface area contributed by atoms with Gasteiger partial charge in [-0.25, -0.2) is 9.78 Å². The molecule has 21 heavy (non-hydrogen) atoms. The number of aryl methyl sites for hydroxylation is 1. The second-order valence-corrected chi connectivity index (χ2v) is 4.29. The molecule has 5 heteroatoms. The molecule has 0 fully saturated rings. The molecule has 0 saturated carbocycles. The molecule has 0 aliphatic heterocycles. The predicted molar refractivity (Wildman–Crippen MR) is 76.2 cm³/mol. The molecular weight excluding hydrogens is 268 g/mol. The summed E-state index contributed by atoms with van der Waals surface area (Å²) in [5.74, 6) is 0.505. The van der Waals surface area contributed by atoms with Crippen LogP contribution in [0.3, 0.4) is 0 Å². The van der Waals surface area contributed by atoms with Crippen LogP contribution in [-0.2, 0) is 4.74 Å². The topological polar surface area (TPSA) is 72.2 Å². The van der Waals surface area contributed by atoms with Crippen molar-refractivity contribution in [2.75, 3.05) is 6.61 Å². The van der Waals surface area contributed by atoms with Gasteiger partial charge in [-0.1, -0.05) is 0 Å². The van der Waals surface area contributed by atoms with E-state index in [0.29, 0.717) is 35.1 Å². The molecule has 2 rings (SSSR count). The van der Waals surface area contributed by atoms with Crippen LogP contribution in [0.4, 0.5) is 0 Å². The van der Waals surface area contributed by atoms with Gasteiger partial charge in [-0.15, -0.1) is 0 Å². The minimum atomic E-state index is -0.371. The molecule has 0 unspecified atom stereocenters. The van der Waals surface area contributed by atoms with Crippen LogP contribution in [-0.4, -0.2) is 17.6 Å². The van der Waals surface area contributed by atoms with Crippen LogP contribution in [0.2, 0.25) is 0 Å². The van der Waals surface area contributed by atoms with Crippen LogP contribution < -0.4 is 4.74 Å². The van der Waals surface area contributed by atoms with Crippen molar-refractivity contribution in [1.29, 1.82) is 5.26 Å². The van der Waals surface area contributed by atoms with E-state index in [1.165, 1.54) is 0 Å². The molecule has 1 aromatic heterocycles. The quantitative estimate of drug-likeness (QED) is 0.805. The van der Waals surface area contributed by atoms with Gasteiger partial charge in [-0.2, -0.15) is 5.26 Å². The summed E-state index contributed by atoms with van der Waals surface area (Å²) in [6.07, 6.45) is 0. The summed E-state index contributed by atoms with van der Waals surface area (Å²) in [7, 11) is 0. The molecule has 0 saturated heterocycles. The zero-order valence-electron chi connectivity index (χ0n) is 11.8. The Balaban J connectivity index is 2.15. The summed E-state index contributed by atoms with van der Waals surface area (Å²) in [5.41, 5.74) is 1.65. The van der Waals surface area contributed by atoms with Gasteiger partial charge in [-0.05, 0) is 44.2 Å². The van der Waals surface area contributed by atoms with E-state index in [4.69, 9.17) is 14.7 Å². The van der Waals surface area contributed by atoms with E-state index in [2.05, 4.69) is 11.1 Å². The first kappa shape index (κ1) is 14.5. The Bertz CT molecular complexity index is 688. The fraction of sp³-hybridized carbons (Fsp3) is 0.188. The molecule has 0 spiro atoms. The van der Waals surface area contributed by atoms with Gasteiger partial charge in [0.1, 0.15) is 5.75 Å². The van der Waals surface area contributed by atoms with Gasteiger partial charge in [0.2, 0.25) is 5.88 Å². The summed E-state index contributed by atoms with van der Waals surface area (Å²) in [6, 6.07) is 11.8. The van der Waals surface area contributed by atoms with Gasteiger partial charge in [0.05, 0.1) is 23.8 Å². The van der Waals surface area contributed by atoms with Crippen molar-refractivity contribution < 1.29 is 14.3 Å². The van der Waals surface area contributed by atoms with E-state index < -0.39 is 0 Å². The highest BCUT2D eigenvalue weighted by atomic mass is 16.5. The number of benzene rings is 1. The molecule has 0 radical (unpaired) electrons. The van der Waals surface area contributed by atoms with Gasteiger partial charge in [-0.3, -0.25) is 0 Å². The number of nitrogens with zero attached hydrogens (tertiary/aromatic N) is 2. The van der Waals surface area contributed by atoms with Gasteiger partial charge in [0.25, 0.3) is 0 Å². The van der Waals surface area contributed by atoms with Crippen molar-refractivity contribution in [2.45, 2.75) is 13.8 Å². The molecule has 2 aromatic rings. The highest BCUT2D eigenvalue weighted by Crippen LogP contribution is 2.21. The van der Waals surface area contributed by atoms with E-state index in [1.54, 1.807) is 50.2 Å². The molecule has 106 valence electrons. The number of esters is 1. The number of carbonyl (C=O) groups is 1. The van der Waals surface area contributed by atoms with Crippen LogP contribution in [0.25, 0.3) is 0 Å². The summed E-state index contributed by atoms with van der Waals surface area (Å²) >= 11 is 0. The second kappa shape index (κ2) is 6.53. The largest absolute Gasteiger partial charge is 0.462 e. The Morgan fingerprint density at radius 2 is 2.00 bits per heavy atom. The molecule has 5 nitrogen and oxygen atoms in total. The first-order valence-electron chi connectivity index (χ1n) is 6.46. The zero-order valence-corrected chi connectivity index (χ0v) is 11.8. The lowest BCUT2D eigenvalue weighted by molar-refractivity contribution is 0.0526. The maximum absolute atomic E-state index is 11.5. The molecule has 0 bridgehead atoms. The number of carbonyl (C=O) groups excluding carboxylic acids is 1. The Hall–Kier alpha value is -2.87. The fourth-order valence-electron chi connectivity index (χ4n) is 1.75. The smallest absolute Gasteiger partial charge is 0.338 e. The minimum absolute atomic E-state index is 0.335. The maximum atomic E-state index is 11.5. The average molecular weight is 282 g/mol. The number of ether oxygens (including phenoxy) is 2. The maximum Gasteiger partial charge on any atom is 0.338 e. The number of rotatable bonds is 4. The van der Waals surface area contributed by atoms with Gasteiger partial charge >= 0.3 is 5.97 Å². The number of aromatic nitrogens is 1. The number of hydrogen-bond acceptors (Lipinski definition) is 5. The molecule has 0 aliphatic rings. The highest BCUT2D eigenvalue weighted by Gasteiger charge is 2.07. The predicted octanol–water partition coefficient (Wildman–Crippen LogP) is 3.23. The van der Waals surface area contributed by atoms with E-state index in [0.717, 1.165) is 0 Å². The number of pyridine rings is 1. The minimum Gasteiger partial charge on any atom is -0.462 e. The molecule has 0 atom stereocenters. The van der Waals surface area contributed by atoms with E-state index in [1.807, 2.05) is 0 Å². The Kier molecular flexibility index (Phi) is 4.52. The first-order chi connectivity index (χ1) is 10.1. The third-order valence-corrected chi connectivity index (χ3v) is 2.65. The average Bonchev–Trinajstić information content (AvgIpc) is 2.47. The van der Waals surface area contributed by atoms with Crippen LogP contribution in [0.15, 0.2) is 36.4 Å². The SMILES string of the molecule is CCOC(=O)c1ccc(Oc2cc(C#N)cc(C)n2)cc1. The van der Waals surface area contributed by atoms with Gasteiger partial charge in [0, 0.05) is 11.8 Å². The molecular formula is C16H14N2O3. The summed E-state index contributed by atoms with van der Waals surface area (Å²) in [4.78, 5) is 15.7. The van der Waals surface area contributed by atoms with Gasteiger partial charge in [0.15, 0.2) is 0 Å². The highest BCUT2D eigenvalue weighted by molar-refractivity contribution is 5.89. The van der Waals surface area contributed by atoms with Crippen LogP contribution in [0.1, 0.15) is 28.5 Å². The van der Waals surface area contributed by atoms with Crippen molar-refractivity contribution in [1.82, 2.24) is 4.98 Å². The monoisotopic (exact) mass is 282 g/mol. The molecule has 0 N–H and O–H groups in total. The fourth-order valence-corrected chi connectivity index (χ4v) is 1.75. The van der Waals surface area contributed by atoms with Gasteiger partial charge < -0.3 is 9.47 Å². The van der Waals surface area contributed by atoms with Crippen LogP contribution >= 0.6 is 0 Å². The van der Waals surface area contributed by atoms with E-state index in [9.17, 15) is 4.79 Å². The number of hydrogen-bond donors (Lipinski definition) is 0. The zero-order chi connectivity index (χ0) is 15.2. The van der Waals surface area contributed by atoms with Crippen molar-refractivity contribution >= 4 is 5.97 Å².